The topological polar surface area (TPSA) is 86.1 Å². The van der Waals surface area contributed by atoms with Crippen molar-refractivity contribution < 1.29 is 14.3 Å². The molecule has 0 aliphatic heterocycles. The molecule has 8 heteroatoms. The van der Waals surface area contributed by atoms with Gasteiger partial charge in [0.15, 0.2) is 16.8 Å². The van der Waals surface area contributed by atoms with Gasteiger partial charge in [0.2, 0.25) is 5.91 Å². The van der Waals surface area contributed by atoms with Crippen molar-refractivity contribution in [1.82, 2.24) is 14.8 Å². The predicted octanol–water partition coefficient (Wildman–Crippen LogP) is 5.24. The highest BCUT2D eigenvalue weighted by molar-refractivity contribution is 8.00. The number of thioether (sulfide) groups is 1. The first-order chi connectivity index (χ1) is 16.0. The van der Waals surface area contributed by atoms with Crippen LogP contribution >= 0.6 is 11.8 Å². The fraction of sp³-hybridized carbons (Fsp3) is 0.280. The molecule has 1 unspecified atom stereocenters. The lowest BCUT2D eigenvalue weighted by Crippen LogP contribution is -2.15. The molecule has 1 N–H and O–H groups in total. The first kappa shape index (κ1) is 24.3. The average molecular weight is 465 g/mol. The van der Waals surface area contributed by atoms with Crippen LogP contribution in [0.1, 0.15) is 37.0 Å². The molecular formula is C25H28N4O3S. The Balaban J connectivity index is 1.74. The molecule has 0 radical (unpaired) electrons. The Morgan fingerprint density at radius 1 is 1.15 bits per heavy atom. The molecule has 0 bridgehead atoms. The van der Waals surface area contributed by atoms with Gasteiger partial charge in [-0.2, -0.15) is 0 Å². The molecule has 33 heavy (non-hydrogen) atoms. The average Bonchev–Trinajstić information content (AvgIpc) is 3.21. The second-order valence-electron chi connectivity index (χ2n) is 7.43. The quantitative estimate of drug-likeness (QED) is 0.237. The SMILES string of the molecule is C=CCn1c(SC(C)C(=O)c2ccc(NC(=O)CCC)cc2)nnc1-c1ccc(OC)cc1. The Hall–Kier alpha value is -3.39. The number of anilines is 1. The zero-order chi connectivity index (χ0) is 23.8. The summed E-state index contributed by atoms with van der Waals surface area (Å²) < 4.78 is 7.16. The lowest BCUT2D eigenvalue weighted by atomic mass is 10.1. The van der Waals surface area contributed by atoms with Crippen LogP contribution in [0.2, 0.25) is 0 Å². The maximum absolute atomic E-state index is 13.0. The molecule has 0 aliphatic carbocycles. The van der Waals surface area contributed by atoms with Crippen LogP contribution in [-0.4, -0.2) is 38.8 Å². The van der Waals surface area contributed by atoms with E-state index in [0.29, 0.717) is 35.2 Å². The summed E-state index contributed by atoms with van der Waals surface area (Å²) in [4.78, 5) is 24.8. The summed E-state index contributed by atoms with van der Waals surface area (Å²) in [5.74, 6) is 1.41. The van der Waals surface area contributed by atoms with Gasteiger partial charge in [-0.3, -0.25) is 14.2 Å². The summed E-state index contributed by atoms with van der Waals surface area (Å²) in [5.41, 5.74) is 2.16. The molecule has 0 saturated heterocycles. The number of benzene rings is 2. The van der Waals surface area contributed by atoms with Crippen LogP contribution in [0.4, 0.5) is 5.69 Å². The van der Waals surface area contributed by atoms with Gasteiger partial charge in [0.05, 0.1) is 12.4 Å². The van der Waals surface area contributed by atoms with E-state index >= 15 is 0 Å². The first-order valence-electron chi connectivity index (χ1n) is 10.8. The van der Waals surface area contributed by atoms with Crippen molar-refractivity contribution in [3.05, 3.63) is 66.7 Å². The summed E-state index contributed by atoms with van der Waals surface area (Å²) in [6.45, 7) is 8.16. The van der Waals surface area contributed by atoms with Gasteiger partial charge < -0.3 is 10.1 Å². The minimum absolute atomic E-state index is 0.0226. The minimum Gasteiger partial charge on any atom is -0.497 e. The van der Waals surface area contributed by atoms with Crippen molar-refractivity contribution in [2.45, 2.75) is 43.6 Å². The lowest BCUT2D eigenvalue weighted by molar-refractivity contribution is -0.116. The number of carbonyl (C=O) groups is 2. The van der Waals surface area contributed by atoms with Crippen LogP contribution in [0.5, 0.6) is 5.75 Å². The standard InChI is InChI=1S/C25H28N4O3S/c1-5-7-22(30)26-20-12-8-18(9-13-20)23(31)17(3)33-25-28-27-24(29(25)16-6-2)19-10-14-21(32-4)15-11-19/h6,8-15,17H,2,5,7,16H2,1,3-4H3,(H,26,30). The highest BCUT2D eigenvalue weighted by Crippen LogP contribution is 2.29. The molecular weight excluding hydrogens is 436 g/mol. The number of methoxy groups -OCH3 is 1. The highest BCUT2D eigenvalue weighted by atomic mass is 32.2. The molecule has 1 amide bonds. The van der Waals surface area contributed by atoms with Gasteiger partial charge in [0.1, 0.15) is 5.75 Å². The zero-order valence-corrected chi connectivity index (χ0v) is 19.9. The summed E-state index contributed by atoms with van der Waals surface area (Å²) >= 11 is 1.36. The number of ether oxygens (including phenoxy) is 1. The van der Waals surface area contributed by atoms with Gasteiger partial charge in [-0.05, 0) is 61.9 Å². The fourth-order valence-corrected chi connectivity index (χ4v) is 4.17. The molecule has 3 rings (SSSR count). The normalized spacial score (nSPS) is 11.6. The smallest absolute Gasteiger partial charge is 0.224 e. The number of nitrogens with one attached hydrogen (secondary N) is 1. The third kappa shape index (κ3) is 6.10. The predicted molar refractivity (Wildman–Crippen MR) is 132 cm³/mol. The number of carbonyl (C=O) groups excluding carboxylic acids is 2. The van der Waals surface area contributed by atoms with E-state index in [1.165, 1.54) is 11.8 Å². The zero-order valence-electron chi connectivity index (χ0n) is 19.1. The Labute approximate surface area is 198 Å². The number of nitrogens with zero attached hydrogens (tertiary/aromatic N) is 3. The van der Waals surface area contributed by atoms with Gasteiger partial charge in [-0.25, -0.2) is 0 Å². The Morgan fingerprint density at radius 3 is 2.45 bits per heavy atom. The van der Waals surface area contributed by atoms with Crippen LogP contribution in [0.3, 0.4) is 0 Å². The molecule has 2 aromatic carbocycles. The minimum atomic E-state index is -0.373. The number of hydrogen-bond acceptors (Lipinski definition) is 6. The molecule has 1 aromatic heterocycles. The maximum Gasteiger partial charge on any atom is 0.224 e. The van der Waals surface area contributed by atoms with Crippen molar-refractivity contribution in [3.63, 3.8) is 0 Å². The lowest BCUT2D eigenvalue weighted by Gasteiger charge is -2.12. The summed E-state index contributed by atoms with van der Waals surface area (Å²) in [7, 11) is 1.62. The van der Waals surface area contributed by atoms with Crippen LogP contribution in [0, 0.1) is 0 Å². The van der Waals surface area contributed by atoms with E-state index in [1.807, 2.05) is 42.7 Å². The van der Waals surface area contributed by atoms with Crippen molar-refractivity contribution in [3.8, 4) is 17.1 Å². The van der Waals surface area contributed by atoms with E-state index in [4.69, 9.17) is 4.74 Å². The molecule has 0 spiro atoms. The van der Waals surface area contributed by atoms with Gasteiger partial charge in [0, 0.05) is 29.8 Å². The fourth-order valence-electron chi connectivity index (χ4n) is 3.24. The Kier molecular flexibility index (Phi) is 8.43. The van der Waals surface area contributed by atoms with Crippen LogP contribution in [0.15, 0.2) is 66.3 Å². The van der Waals surface area contributed by atoms with Gasteiger partial charge in [-0.1, -0.05) is 24.8 Å². The number of hydrogen-bond donors (Lipinski definition) is 1. The third-order valence-corrected chi connectivity index (χ3v) is 6.04. The van der Waals surface area contributed by atoms with E-state index in [9.17, 15) is 9.59 Å². The largest absolute Gasteiger partial charge is 0.497 e. The third-order valence-electron chi connectivity index (χ3n) is 4.96. The second kappa shape index (κ2) is 11.5. The molecule has 1 atom stereocenters. The van der Waals surface area contributed by atoms with Crippen LogP contribution in [-0.2, 0) is 11.3 Å². The van der Waals surface area contributed by atoms with Crippen LogP contribution in [0.25, 0.3) is 11.4 Å². The summed E-state index contributed by atoms with van der Waals surface area (Å²) in [5, 5.41) is 11.8. The number of Topliss-reactive ketones (excluding diaryl/α,β-unsaturated/α-hetero) is 1. The van der Waals surface area contributed by atoms with Gasteiger partial charge >= 0.3 is 0 Å². The van der Waals surface area contributed by atoms with Gasteiger partial charge in [-0.15, -0.1) is 16.8 Å². The number of allylic oxidation sites excluding steroid dienone is 1. The molecule has 7 nitrogen and oxygen atoms in total. The van der Waals surface area contributed by atoms with Crippen molar-refractivity contribution in [2.24, 2.45) is 0 Å². The first-order valence-corrected chi connectivity index (χ1v) is 11.6. The Bertz CT molecular complexity index is 1110. The van der Waals surface area contributed by atoms with Crippen molar-refractivity contribution in [2.75, 3.05) is 12.4 Å². The van der Waals surface area contributed by atoms with E-state index in [1.54, 1.807) is 37.5 Å². The molecule has 1 heterocycles. The van der Waals surface area contributed by atoms with Crippen molar-refractivity contribution >= 4 is 29.1 Å². The summed E-state index contributed by atoms with van der Waals surface area (Å²) in [6.07, 6.45) is 3.03. The van der Waals surface area contributed by atoms with E-state index in [0.717, 1.165) is 17.7 Å². The second-order valence-corrected chi connectivity index (χ2v) is 8.74. The molecule has 3 aromatic rings. The number of rotatable bonds is 11. The van der Waals surface area contributed by atoms with E-state index in [2.05, 4.69) is 22.1 Å². The number of aromatic nitrogens is 3. The molecule has 0 fully saturated rings. The monoisotopic (exact) mass is 464 g/mol. The number of amides is 1. The maximum atomic E-state index is 13.0. The van der Waals surface area contributed by atoms with Crippen molar-refractivity contribution in [1.29, 1.82) is 0 Å². The molecule has 0 saturated carbocycles. The van der Waals surface area contributed by atoms with E-state index < -0.39 is 0 Å². The van der Waals surface area contributed by atoms with Gasteiger partial charge in [0.25, 0.3) is 0 Å². The molecule has 172 valence electrons. The summed E-state index contributed by atoms with van der Waals surface area (Å²) in [6, 6.07) is 14.6. The molecule has 0 aliphatic rings. The van der Waals surface area contributed by atoms with Crippen LogP contribution < -0.4 is 10.1 Å². The Morgan fingerprint density at radius 2 is 1.85 bits per heavy atom. The number of ketones is 1. The van der Waals surface area contributed by atoms with E-state index in [-0.39, 0.29) is 16.9 Å². The highest BCUT2D eigenvalue weighted by Gasteiger charge is 2.21.